The van der Waals surface area contributed by atoms with Crippen LogP contribution in [0, 0.1) is 0 Å². The van der Waals surface area contributed by atoms with Gasteiger partial charge in [-0.2, -0.15) is 0 Å². The predicted molar refractivity (Wildman–Crippen MR) is 100 cm³/mol. The Morgan fingerprint density at radius 1 is 0.920 bits per heavy atom. The van der Waals surface area contributed by atoms with Gasteiger partial charge in [0.2, 0.25) is 0 Å². The zero-order valence-corrected chi connectivity index (χ0v) is 14.4. The lowest BCUT2D eigenvalue weighted by molar-refractivity contribution is 0.151. The molecule has 1 N–H and O–H groups in total. The maximum Gasteiger partial charge on any atom is 0.263 e. The molecule has 0 saturated heterocycles. The molecule has 3 aromatic rings. The minimum absolute atomic E-state index is 0.106. The third-order valence-electron chi connectivity index (χ3n) is 4.59. The topological polar surface area (TPSA) is 12.0 Å². The monoisotopic (exact) mass is 339 g/mol. The van der Waals surface area contributed by atoms with Gasteiger partial charge >= 0.3 is 0 Å². The molecule has 3 heteroatoms. The Hall–Kier alpha value is -2.26. The standard InChI is InChI=1S/C22H23F2N/c1-16(20-13-5-10-18-9-2-3-12-21(18)20)25-14-6-8-17-7-4-11-19(15-17)22(23)24/h2-5,7,9-13,15-16,22,25H,6,8,14H2,1H3. The Kier molecular flexibility index (Phi) is 5.77. The van der Waals surface area contributed by atoms with E-state index in [-0.39, 0.29) is 11.6 Å². The van der Waals surface area contributed by atoms with Gasteiger partial charge in [0.1, 0.15) is 0 Å². The lowest BCUT2D eigenvalue weighted by Gasteiger charge is -2.16. The van der Waals surface area contributed by atoms with Crippen LogP contribution >= 0.6 is 0 Å². The highest BCUT2D eigenvalue weighted by molar-refractivity contribution is 5.86. The van der Waals surface area contributed by atoms with Gasteiger partial charge in [-0.1, -0.05) is 66.7 Å². The maximum absolute atomic E-state index is 12.7. The Balaban J connectivity index is 1.56. The molecule has 0 saturated carbocycles. The van der Waals surface area contributed by atoms with E-state index in [0.717, 1.165) is 24.9 Å². The maximum atomic E-state index is 12.7. The fourth-order valence-electron chi connectivity index (χ4n) is 3.23. The van der Waals surface area contributed by atoms with E-state index in [4.69, 9.17) is 0 Å². The van der Waals surface area contributed by atoms with E-state index in [1.807, 2.05) is 6.07 Å². The summed E-state index contributed by atoms with van der Waals surface area (Å²) in [4.78, 5) is 0. The van der Waals surface area contributed by atoms with E-state index >= 15 is 0 Å². The van der Waals surface area contributed by atoms with Crippen molar-refractivity contribution in [3.63, 3.8) is 0 Å². The average molecular weight is 339 g/mol. The van der Waals surface area contributed by atoms with Crippen LogP contribution in [0.5, 0.6) is 0 Å². The minimum Gasteiger partial charge on any atom is -0.310 e. The second-order valence-corrected chi connectivity index (χ2v) is 6.39. The summed E-state index contributed by atoms with van der Waals surface area (Å²) in [6.07, 6.45) is -0.679. The Morgan fingerprint density at radius 2 is 1.68 bits per heavy atom. The molecule has 130 valence electrons. The second kappa shape index (κ2) is 8.21. The second-order valence-electron chi connectivity index (χ2n) is 6.39. The third-order valence-corrected chi connectivity index (χ3v) is 4.59. The van der Waals surface area contributed by atoms with Gasteiger partial charge in [-0.15, -0.1) is 0 Å². The number of benzene rings is 3. The van der Waals surface area contributed by atoms with Gasteiger partial charge in [0.15, 0.2) is 0 Å². The molecule has 0 aromatic heterocycles. The number of fused-ring (bicyclic) bond motifs is 1. The van der Waals surface area contributed by atoms with Gasteiger partial charge in [-0.25, -0.2) is 8.78 Å². The van der Waals surface area contributed by atoms with Crippen molar-refractivity contribution < 1.29 is 8.78 Å². The normalized spacial score (nSPS) is 12.6. The van der Waals surface area contributed by atoms with E-state index in [1.165, 1.54) is 22.4 Å². The van der Waals surface area contributed by atoms with Crippen LogP contribution in [-0.4, -0.2) is 6.54 Å². The number of hydrogen-bond acceptors (Lipinski definition) is 1. The van der Waals surface area contributed by atoms with Crippen molar-refractivity contribution >= 4 is 10.8 Å². The predicted octanol–water partition coefficient (Wildman–Crippen LogP) is 6.06. The Morgan fingerprint density at radius 3 is 2.52 bits per heavy atom. The molecule has 0 aliphatic rings. The van der Waals surface area contributed by atoms with Crippen molar-refractivity contribution in [3.8, 4) is 0 Å². The van der Waals surface area contributed by atoms with E-state index in [2.05, 4.69) is 54.7 Å². The van der Waals surface area contributed by atoms with Gasteiger partial charge in [0.05, 0.1) is 0 Å². The van der Waals surface area contributed by atoms with Crippen molar-refractivity contribution in [2.45, 2.75) is 32.2 Å². The van der Waals surface area contributed by atoms with Gasteiger partial charge in [0, 0.05) is 11.6 Å². The first-order valence-electron chi connectivity index (χ1n) is 8.73. The molecule has 0 bridgehead atoms. The smallest absolute Gasteiger partial charge is 0.263 e. The highest BCUT2D eigenvalue weighted by Crippen LogP contribution is 2.24. The SMILES string of the molecule is CC(NCCCc1cccc(C(F)F)c1)c1cccc2ccccc12. The molecular weight excluding hydrogens is 316 g/mol. The minimum atomic E-state index is -2.40. The summed E-state index contributed by atoms with van der Waals surface area (Å²) in [6.45, 7) is 3.02. The van der Waals surface area contributed by atoms with Crippen molar-refractivity contribution in [1.29, 1.82) is 0 Å². The van der Waals surface area contributed by atoms with Crippen LogP contribution in [0.2, 0.25) is 0 Å². The van der Waals surface area contributed by atoms with Crippen LogP contribution in [0.4, 0.5) is 8.78 Å². The molecule has 0 aliphatic heterocycles. The number of aryl methyl sites for hydroxylation is 1. The van der Waals surface area contributed by atoms with E-state index < -0.39 is 6.43 Å². The van der Waals surface area contributed by atoms with E-state index in [9.17, 15) is 8.78 Å². The highest BCUT2D eigenvalue weighted by atomic mass is 19.3. The molecule has 0 spiro atoms. The van der Waals surface area contributed by atoms with Gasteiger partial charge in [0.25, 0.3) is 6.43 Å². The number of halogens is 2. The quantitative estimate of drug-likeness (QED) is 0.516. The summed E-state index contributed by atoms with van der Waals surface area (Å²) >= 11 is 0. The molecule has 1 unspecified atom stereocenters. The summed E-state index contributed by atoms with van der Waals surface area (Å²) < 4.78 is 25.5. The van der Waals surface area contributed by atoms with Gasteiger partial charge in [-0.3, -0.25) is 0 Å². The van der Waals surface area contributed by atoms with Crippen LogP contribution in [0.25, 0.3) is 10.8 Å². The zero-order chi connectivity index (χ0) is 17.6. The largest absolute Gasteiger partial charge is 0.310 e. The highest BCUT2D eigenvalue weighted by Gasteiger charge is 2.09. The van der Waals surface area contributed by atoms with E-state index in [0.29, 0.717) is 0 Å². The Bertz CT molecular complexity index is 824. The number of rotatable bonds is 7. The van der Waals surface area contributed by atoms with E-state index in [1.54, 1.807) is 12.1 Å². The molecule has 0 heterocycles. The molecule has 3 aromatic carbocycles. The fourth-order valence-corrected chi connectivity index (χ4v) is 3.23. The molecule has 0 fully saturated rings. The van der Waals surface area contributed by atoms with Crippen molar-refractivity contribution in [2.24, 2.45) is 0 Å². The van der Waals surface area contributed by atoms with Crippen molar-refractivity contribution in [3.05, 3.63) is 83.4 Å². The van der Waals surface area contributed by atoms with Gasteiger partial charge < -0.3 is 5.32 Å². The summed E-state index contributed by atoms with van der Waals surface area (Å²) in [5.74, 6) is 0. The zero-order valence-electron chi connectivity index (χ0n) is 14.4. The molecule has 1 atom stereocenters. The van der Waals surface area contributed by atoms with Crippen molar-refractivity contribution in [2.75, 3.05) is 6.54 Å². The van der Waals surface area contributed by atoms with Crippen LogP contribution < -0.4 is 5.32 Å². The molecule has 0 aliphatic carbocycles. The first kappa shape index (κ1) is 17.6. The first-order valence-corrected chi connectivity index (χ1v) is 8.73. The Labute approximate surface area is 147 Å². The lowest BCUT2D eigenvalue weighted by Crippen LogP contribution is -2.20. The molecule has 25 heavy (non-hydrogen) atoms. The van der Waals surface area contributed by atoms with Crippen molar-refractivity contribution in [1.82, 2.24) is 5.32 Å². The summed E-state index contributed by atoms with van der Waals surface area (Å²) in [5.41, 5.74) is 2.37. The molecule has 1 nitrogen and oxygen atoms in total. The summed E-state index contributed by atoms with van der Waals surface area (Å²) in [7, 11) is 0. The summed E-state index contributed by atoms with van der Waals surface area (Å²) in [5, 5.41) is 6.07. The van der Waals surface area contributed by atoms with Crippen LogP contribution in [0.15, 0.2) is 66.7 Å². The number of nitrogens with one attached hydrogen (secondary N) is 1. The third kappa shape index (κ3) is 4.43. The first-order chi connectivity index (χ1) is 12.1. The molecule has 0 radical (unpaired) electrons. The van der Waals surface area contributed by atoms with Crippen LogP contribution in [-0.2, 0) is 6.42 Å². The average Bonchev–Trinajstić information content (AvgIpc) is 2.65. The molecule has 3 rings (SSSR count). The fraction of sp³-hybridized carbons (Fsp3) is 0.273. The lowest BCUT2D eigenvalue weighted by atomic mass is 9.99. The summed E-state index contributed by atoms with van der Waals surface area (Å²) in [6, 6.07) is 21.7. The van der Waals surface area contributed by atoms with Crippen LogP contribution in [0.1, 0.15) is 42.5 Å². The number of alkyl halides is 2. The molecule has 0 amide bonds. The van der Waals surface area contributed by atoms with Crippen LogP contribution in [0.3, 0.4) is 0 Å². The molecular formula is C22H23F2N. The number of hydrogen-bond donors (Lipinski definition) is 1. The van der Waals surface area contributed by atoms with Gasteiger partial charge in [-0.05, 0) is 48.2 Å².